The van der Waals surface area contributed by atoms with Crippen molar-refractivity contribution in [3.8, 4) is 0 Å². The Balaban J connectivity index is 1.97. The van der Waals surface area contributed by atoms with Crippen LogP contribution in [0.15, 0.2) is 60.7 Å². The number of benzene rings is 2. The Labute approximate surface area is 150 Å². The maximum atomic E-state index is 12.8. The summed E-state index contributed by atoms with van der Waals surface area (Å²) in [5.74, 6) is -0.269. The van der Waals surface area contributed by atoms with Crippen LogP contribution >= 0.6 is 0 Å². The number of nitrogens with two attached hydrogens (primary N) is 1. The molecule has 3 nitrogen and oxygen atoms in total. The van der Waals surface area contributed by atoms with E-state index in [1.165, 1.54) is 19.3 Å². The second-order valence-electron chi connectivity index (χ2n) is 7.13. The summed E-state index contributed by atoms with van der Waals surface area (Å²) >= 11 is 0. The maximum Gasteiger partial charge on any atom is 0.232 e. The Kier molecular flexibility index (Phi) is 5.54. The first kappa shape index (κ1) is 17.7. The minimum Gasteiger partial charge on any atom is -0.369 e. The van der Waals surface area contributed by atoms with Gasteiger partial charge in [0.15, 0.2) is 0 Å². The van der Waals surface area contributed by atoms with Gasteiger partial charge >= 0.3 is 0 Å². The Morgan fingerprint density at radius 2 is 1.60 bits per heavy atom. The lowest BCUT2D eigenvalue weighted by atomic mass is 9.71. The molecule has 1 fully saturated rings. The molecule has 1 aliphatic heterocycles. The summed E-state index contributed by atoms with van der Waals surface area (Å²) in [5, 5.41) is 0. The predicted molar refractivity (Wildman–Crippen MR) is 102 cm³/mol. The number of carbonyl (C=O) groups excluding carboxylic acids is 1. The second kappa shape index (κ2) is 7.83. The molecule has 0 saturated carbocycles. The first-order valence-corrected chi connectivity index (χ1v) is 9.29. The number of hydrogen-bond donors (Lipinski definition) is 1. The smallest absolute Gasteiger partial charge is 0.232 e. The molecule has 0 aliphatic carbocycles. The fourth-order valence-corrected chi connectivity index (χ4v) is 4.11. The largest absolute Gasteiger partial charge is 0.369 e. The van der Waals surface area contributed by atoms with E-state index in [0.717, 1.165) is 24.2 Å². The van der Waals surface area contributed by atoms with Crippen LogP contribution in [-0.4, -0.2) is 29.9 Å². The highest BCUT2D eigenvalue weighted by molar-refractivity contribution is 5.90. The third-order valence-corrected chi connectivity index (χ3v) is 5.67. The molecular weight excluding hydrogens is 308 g/mol. The van der Waals surface area contributed by atoms with Crippen LogP contribution in [0.1, 0.15) is 43.7 Å². The monoisotopic (exact) mass is 336 g/mol. The minimum atomic E-state index is -0.778. The van der Waals surface area contributed by atoms with Crippen molar-refractivity contribution in [2.75, 3.05) is 13.1 Å². The van der Waals surface area contributed by atoms with Crippen LogP contribution in [0, 0.1) is 0 Å². The van der Waals surface area contributed by atoms with E-state index in [1.54, 1.807) is 0 Å². The van der Waals surface area contributed by atoms with Crippen molar-refractivity contribution in [3.63, 3.8) is 0 Å². The van der Waals surface area contributed by atoms with Crippen molar-refractivity contribution in [3.05, 3.63) is 71.8 Å². The highest BCUT2D eigenvalue weighted by Crippen LogP contribution is 2.36. The van der Waals surface area contributed by atoms with Crippen LogP contribution < -0.4 is 5.73 Å². The summed E-state index contributed by atoms with van der Waals surface area (Å²) in [4.78, 5) is 15.3. The van der Waals surface area contributed by atoms with Crippen molar-refractivity contribution in [1.29, 1.82) is 0 Å². The summed E-state index contributed by atoms with van der Waals surface area (Å²) in [6.45, 7) is 4.28. The van der Waals surface area contributed by atoms with Gasteiger partial charge in [0.2, 0.25) is 5.91 Å². The summed E-state index contributed by atoms with van der Waals surface area (Å²) in [7, 11) is 0. The van der Waals surface area contributed by atoms with Gasteiger partial charge in [-0.15, -0.1) is 0 Å². The van der Waals surface area contributed by atoms with E-state index in [9.17, 15) is 4.79 Å². The zero-order valence-corrected chi connectivity index (χ0v) is 15.0. The first-order chi connectivity index (χ1) is 12.1. The topological polar surface area (TPSA) is 46.3 Å². The molecule has 0 radical (unpaired) electrons. The molecule has 0 spiro atoms. The molecule has 3 rings (SSSR count). The molecule has 1 atom stereocenters. The molecule has 2 aromatic rings. The van der Waals surface area contributed by atoms with Crippen LogP contribution in [0.5, 0.6) is 0 Å². The van der Waals surface area contributed by atoms with Crippen molar-refractivity contribution in [1.82, 2.24) is 4.90 Å². The number of carbonyl (C=O) groups is 1. The normalized spacial score (nSPS) is 18.8. The Bertz CT molecular complexity index is 644. The van der Waals surface area contributed by atoms with Gasteiger partial charge in [0.05, 0.1) is 5.41 Å². The third kappa shape index (κ3) is 3.62. The van der Waals surface area contributed by atoms with Gasteiger partial charge in [-0.05, 0) is 43.9 Å². The van der Waals surface area contributed by atoms with E-state index in [1.807, 2.05) is 60.7 Å². The lowest BCUT2D eigenvalue weighted by Gasteiger charge is -2.38. The zero-order valence-electron chi connectivity index (χ0n) is 15.0. The van der Waals surface area contributed by atoms with E-state index < -0.39 is 5.41 Å². The van der Waals surface area contributed by atoms with E-state index >= 15 is 0 Å². The van der Waals surface area contributed by atoms with Crippen LogP contribution in [-0.2, 0) is 10.2 Å². The molecule has 0 aromatic heterocycles. The van der Waals surface area contributed by atoms with Gasteiger partial charge in [0, 0.05) is 12.6 Å². The van der Waals surface area contributed by atoms with Crippen LogP contribution in [0.25, 0.3) is 0 Å². The van der Waals surface area contributed by atoms with E-state index in [4.69, 9.17) is 5.73 Å². The molecule has 0 bridgehead atoms. The molecule has 1 aliphatic rings. The number of rotatable bonds is 6. The molecule has 2 N–H and O–H groups in total. The quantitative estimate of drug-likeness (QED) is 0.874. The van der Waals surface area contributed by atoms with Crippen LogP contribution in [0.3, 0.4) is 0 Å². The van der Waals surface area contributed by atoms with Crippen molar-refractivity contribution in [2.45, 2.75) is 44.1 Å². The number of amides is 1. The standard InChI is InChI=1S/C22H28N2O/c1-18-10-8-9-16-24(18)17-15-22(21(23)25,19-11-4-2-5-12-19)20-13-6-3-7-14-20/h2-7,11-14,18H,8-10,15-17H2,1H3,(H2,23,25). The number of piperidine rings is 1. The van der Waals surface area contributed by atoms with E-state index in [2.05, 4.69) is 11.8 Å². The van der Waals surface area contributed by atoms with E-state index in [0.29, 0.717) is 12.5 Å². The van der Waals surface area contributed by atoms with E-state index in [-0.39, 0.29) is 5.91 Å². The summed E-state index contributed by atoms with van der Waals surface area (Å²) in [5.41, 5.74) is 7.22. The summed E-state index contributed by atoms with van der Waals surface area (Å²) < 4.78 is 0. The van der Waals surface area contributed by atoms with Crippen LogP contribution in [0.2, 0.25) is 0 Å². The minimum absolute atomic E-state index is 0.269. The Morgan fingerprint density at radius 1 is 1.04 bits per heavy atom. The van der Waals surface area contributed by atoms with Gasteiger partial charge in [-0.25, -0.2) is 0 Å². The Hall–Kier alpha value is -2.13. The predicted octanol–water partition coefficient (Wildman–Crippen LogP) is 3.72. The fraction of sp³-hybridized carbons (Fsp3) is 0.409. The van der Waals surface area contributed by atoms with Gasteiger partial charge in [-0.3, -0.25) is 4.79 Å². The summed E-state index contributed by atoms with van der Waals surface area (Å²) in [6.07, 6.45) is 4.49. The molecule has 132 valence electrons. The SMILES string of the molecule is CC1CCCCN1CCC(C(N)=O)(c1ccccc1)c1ccccc1. The second-order valence-corrected chi connectivity index (χ2v) is 7.13. The molecule has 2 aromatic carbocycles. The lowest BCUT2D eigenvalue weighted by molar-refractivity contribution is -0.122. The molecule has 1 amide bonds. The average Bonchev–Trinajstić information content (AvgIpc) is 2.65. The number of nitrogens with zero attached hydrogens (tertiary/aromatic N) is 1. The van der Waals surface area contributed by atoms with Gasteiger partial charge in [0.25, 0.3) is 0 Å². The third-order valence-electron chi connectivity index (χ3n) is 5.67. The number of likely N-dealkylation sites (tertiary alicyclic amines) is 1. The molecule has 25 heavy (non-hydrogen) atoms. The highest BCUT2D eigenvalue weighted by atomic mass is 16.1. The molecule has 3 heteroatoms. The van der Waals surface area contributed by atoms with Gasteiger partial charge in [0.1, 0.15) is 0 Å². The maximum absolute atomic E-state index is 12.8. The van der Waals surface area contributed by atoms with Gasteiger partial charge < -0.3 is 10.6 Å². The van der Waals surface area contributed by atoms with Gasteiger partial charge in [-0.1, -0.05) is 67.1 Å². The lowest BCUT2D eigenvalue weighted by Crippen LogP contribution is -2.47. The molecular formula is C22H28N2O. The summed E-state index contributed by atoms with van der Waals surface area (Å²) in [6, 6.07) is 20.6. The van der Waals surface area contributed by atoms with Crippen molar-refractivity contribution >= 4 is 5.91 Å². The fourth-order valence-electron chi connectivity index (χ4n) is 4.11. The number of hydrogen-bond acceptors (Lipinski definition) is 2. The van der Waals surface area contributed by atoms with Crippen LogP contribution in [0.4, 0.5) is 0 Å². The average molecular weight is 336 g/mol. The van der Waals surface area contributed by atoms with Gasteiger partial charge in [-0.2, -0.15) is 0 Å². The molecule has 1 heterocycles. The molecule has 1 unspecified atom stereocenters. The zero-order chi connectivity index (χ0) is 17.7. The number of primary amides is 1. The van der Waals surface area contributed by atoms with Crippen molar-refractivity contribution in [2.24, 2.45) is 5.73 Å². The highest BCUT2D eigenvalue weighted by Gasteiger charge is 2.40. The Morgan fingerprint density at radius 3 is 2.08 bits per heavy atom. The first-order valence-electron chi connectivity index (χ1n) is 9.29. The van der Waals surface area contributed by atoms with Crippen molar-refractivity contribution < 1.29 is 4.79 Å². The molecule has 1 saturated heterocycles.